The molecule has 0 atom stereocenters. The molecule has 4 rings (SSSR count). The summed E-state index contributed by atoms with van der Waals surface area (Å²) in [6.07, 6.45) is 0. The molecule has 0 fully saturated rings. The standard InChI is InChI=1S/C24H22ClN5O2/c1-29(2)18-12-10-17(11-13-18)26-24(31)22-27-23(16-8-14-19(32-3)15-9-16)30(28-22)21-7-5-4-6-20(21)25/h4-15H,1-3H3,(H,26,31). The number of carbonyl (C=O) groups is 1. The molecule has 0 spiro atoms. The first-order chi connectivity index (χ1) is 15.5. The Balaban J connectivity index is 1.71. The summed E-state index contributed by atoms with van der Waals surface area (Å²) in [5.41, 5.74) is 3.08. The largest absolute Gasteiger partial charge is 0.497 e. The van der Waals surface area contributed by atoms with E-state index in [4.69, 9.17) is 16.3 Å². The number of rotatable bonds is 6. The van der Waals surface area contributed by atoms with Crippen LogP contribution < -0.4 is 15.0 Å². The Morgan fingerprint density at radius 2 is 1.69 bits per heavy atom. The third-order valence-electron chi connectivity index (χ3n) is 4.88. The number of nitrogens with zero attached hydrogens (tertiary/aromatic N) is 4. The summed E-state index contributed by atoms with van der Waals surface area (Å²) in [6.45, 7) is 0. The van der Waals surface area contributed by atoms with Crippen LogP contribution in [0.4, 0.5) is 11.4 Å². The van der Waals surface area contributed by atoms with Crippen LogP contribution in [0.5, 0.6) is 5.75 Å². The highest BCUT2D eigenvalue weighted by molar-refractivity contribution is 6.32. The van der Waals surface area contributed by atoms with E-state index in [-0.39, 0.29) is 5.82 Å². The van der Waals surface area contributed by atoms with Crippen LogP contribution in [0.25, 0.3) is 17.1 Å². The summed E-state index contributed by atoms with van der Waals surface area (Å²) in [7, 11) is 5.52. The van der Waals surface area contributed by atoms with Gasteiger partial charge in [-0.15, -0.1) is 5.10 Å². The van der Waals surface area contributed by atoms with E-state index >= 15 is 0 Å². The number of benzene rings is 3. The summed E-state index contributed by atoms with van der Waals surface area (Å²) in [5.74, 6) is 0.834. The number of ether oxygens (including phenoxy) is 1. The number of methoxy groups -OCH3 is 1. The Hall–Kier alpha value is -3.84. The number of anilines is 2. The second-order valence-corrected chi connectivity index (χ2v) is 7.65. The van der Waals surface area contributed by atoms with E-state index < -0.39 is 5.91 Å². The Kier molecular flexibility index (Phi) is 6.09. The minimum atomic E-state index is -0.414. The maximum absolute atomic E-state index is 12.9. The van der Waals surface area contributed by atoms with Crippen LogP contribution in [0.3, 0.4) is 0 Å². The molecule has 0 radical (unpaired) electrons. The molecule has 0 aliphatic carbocycles. The normalized spacial score (nSPS) is 10.6. The number of hydrogen-bond acceptors (Lipinski definition) is 5. The lowest BCUT2D eigenvalue weighted by Crippen LogP contribution is -2.14. The van der Waals surface area contributed by atoms with Crippen molar-refractivity contribution in [1.82, 2.24) is 14.8 Å². The third kappa shape index (κ3) is 4.43. The zero-order chi connectivity index (χ0) is 22.7. The smallest absolute Gasteiger partial charge is 0.295 e. The monoisotopic (exact) mass is 447 g/mol. The maximum atomic E-state index is 12.9. The fourth-order valence-corrected chi connectivity index (χ4v) is 3.37. The van der Waals surface area contributed by atoms with Crippen LogP contribution in [0.2, 0.25) is 5.02 Å². The second kappa shape index (κ2) is 9.11. The molecule has 32 heavy (non-hydrogen) atoms. The molecule has 0 bridgehead atoms. The molecule has 4 aromatic rings. The first kappa shape index (κ1) is 21.4. The van der Waals surface area contributed by atoms with Gasteiger partial charge in [0, 0.05) is 31.0 Å². The molecule has 0 aliphatic heterocycles. The van der Waals surface area contributed by atoms with Gasteiger partial charge in [0.1, 0.15) is 5.75 Å². The van der Waals surface area contributed by atoms with Gasteiger partial charge in [-0.3, -0.25) is 4.79 Å². The van der Waals surface area contributed by atoms with Gasteiger partial charge in [-0.1, -0.05) is 23.7 Å². The fourth-order valence-electron chi connectivity index (χ4n) is 3.16. The molecule has 1 N–H and O–H groups in total. The van der Waals surface area contributed by atoms with Crippen LogP contribution in [-0.2, 0) is 0 Å². The fraction of sp³-hybridized carbons (Fsp3) is 0.125. The van der Waals surface area contributed by atoms with Crippen molar-refractivity contribution in [3.8, 4) is 22.8 Å². The highest BCUT2D eigenvalue weighted by Gasteiger charge is 2.20. The number of amides is 1. The summed E-state index contributed by atoms with van der Waals surface area (Å²) < 4.78 is 6.82. The average molecular weight is 448 g/mol. The molecule has 1 aromatic heterocycles. The van der Waals surface area contributed by atoms with Crippen molar-refractivity contribution in [2.24, 2.45) is 0 Å². The molecule has 162 valence electrons. The zero-order valence-corrected chi connectivity index (χ0v) is 18.7. The first-order valence-corrected chi connectivity index (χ1v) is 10.3. The van der Waals surface area contributed by atoms with Gasteiger partial charge >= 0.3 is 0 Å². The minimum absolute atomic E-state index is 0.0347. The number of para-hydroxylation sites is 1. The van der Waals surface area contributed by atoms with E-state index in [1.54, 1.807) is 17.9 Å². The predicted octanol–water partition coefficient (Wildman–Crippen LogP) is 4.91. The molecular formula is C24H22ClN5O2. The minimum Gasteiger partial charge on any atom is -0.497 e. The van der Waals surface area contributed by atoms with Gasteiger partial charge in [0.2, 0.25) is 5.82 Å². The first-order valence-electron chi connectivity index (χ1n) is 9.91. The molecule has 3 aromatic carbocycles. The highest BCUT2D eigenvalue weighted by Crippen LogP contribution is 2.27. The molecular weight excluding hydrogens is 426 g/mol. The van der Waals surface area contributed by atoms with E-state index in [9.17, 15) is 4.79 Å². The Bertz CT molecular complexity index is 1230. The van der Waals surface area contributed by atoms with Gasteiger partial charge in [-0.25, -0.2) is 9.67 Å². The van der Waals surface area contributed by atoms with E-state index in [0.717, 1.165) is 17.0 Å². The average Bonchev–Trinajstić information content (AvgIpc) is 3.25. The predicted molar refractivity (Wildman–Crippen MR) is 127 cm³/mol. The number of hydrogen-bond donors (Lipinski definition) is 1. The van der Waals surface area contributed by atoms with E-state index in [0.29, 0.717) is 22.2 Å². The van der Waals surface area contributed by atoms with Gasteiger partial charge in [-0.05, 0) is 60.7 Å². The third-order valence-corrected chi connectivity index (χ3v) is 5.20. The summed E-state index contributed by atoms with van der Waals surface area (Å²) >= 11 is 6.41. The van der Waals surface area contributed by atoms with Crippen LogP contribution >= 0.6 is 11.6 Å². The number of halogens is 1. The van der Waals surface area contributed by atoms with Crippen molar-refractivity contribution in [2.75, 3.05) is 31.4 Å². The summed E-state index contributed by atoms with van der Waals surface area (Å²) in [5, 5.41) is 7.82. The van der Waals surface area contributed by atoms with Crippen molar-refractivity contribution in [3.63, 3.8) is 0 Å². The number of nitrogens with one attached hydrogen (secondary N) is 1. The number of aromatic nitrogens is 3. The molecule has 0 unspecified atom stereocenters. The Morgan fingerprint density at radius 1 is 1.00 bits per heavy atom. The van der Waals surface area contributed by atoms with Crippen LogP contribution in [0.1, 0.15) is 10.6 Å². The van der Waals surface area contributed by atoms with Gasteiger partial charge < -0.3 is 15.0 Å². The Morgan fingerprint density at radius 3 is 2.31 bits per heavy atom. The summed E-state index contributed by atoms with van der Waals surface area (Å²) in [6, 6.07) is 22.2. The van der Waals surface area contributed by atoms with Crippen LogP contribution in [0.15, 0.2) is 72.8 Å². The molecule has 1 heterocycles. The highest BCUT2D eigenvalue weighted by atomic mass is 35.5. The van der Waals surface area contributed by atoms with Gasteiger partial charge in [-0.2, -0.15) is 0 Å². The van der Waals surface area contributed by atoms with Crippen molar-refractivity contribution in [3.05, 3.63) is 83.6 Å². The van der Waals surface area contributed by atoms with Gasteiger partial charge in [0.05, 0.1) is 17.8 Å². The lowest BCUT2D eigenvalue weighted by molar-refractivity contribution is 0.101. The zero-order valence-electron chi connectivity index (χ0n) is 17.9. The van der Waals surface area contributed by atoms with Crippen molar-refractivity contribution < 1.29 is 9.53 Å². The van der Waals surface area contributed by atoms with Gasteiger partial charge in [0.25, 0.3) is 5.91 Å². The lowest BCUT2D eigenvalue weighted by atomic mass is 10.2. The molecule has 0 saturated heterocycles. The van der Waals surface area contributed by atoms with Crippen LogP contribution in [0, 0.1) is 0 Å². The quantitative estimate of drug-likeness (QED) is 0.454. The van der Waals surface area contributed by atoms with Gasteiger partial charge in [0.15, 0.2) is 5.82 Å². The van der Waals surface area contributed by atoms with E-state index in [2.05, 4.69) is 15.4 Å². The molecule has 7 nitrogen and oxygen atoms in total. The molecule has 8 heteroatoms. The maximum Gasteiger partial charge on any atom is 0.295 e. The van der Waals surface area contributed by atoms with Crippen molar-refractivity contribution in [1.29, 1.82) is 0 Å². The Labute approximate surface area is 191 Å². The molecule has 1 amide bonds. The van der Waals surface area contributed by atoms with Crippen molar-refractivity contribution >= 4 is 28.9 Å². The second-order valence-electron chi connectivity index (χ2n) is 7.25. The lowest BCUT2D eigenvalue weighted by Gasteiger charge is -2.12. The van der Waals surface area contributed by atoms with Crippen molar-refractivity contribution in [2.45, 2.75) is 0 Å². The number of carbonyl (C=O) groups excluding carboxylic acids is 1. The van der Waals surface area contributed by atoms with E-state index in [1.165, 1.54) is 0 Å². The van der Waals surface area contributed by atoms with Crippen LogP contribution in [-0.4, -0.2) is 41.9 Å². The van der Waals surface area contributed by atoms with E-state index in [1.807, 2.05) is 85.7 Å². The SMILES string of the molecule is COc1ccc(-c2nc(C(=O)Nc3ccc(N(C)C)cc3)nn2-c2ccccc2Cl)cc1. The topological polar surface area (TPSA) is 72.3 Å². The summed E-state index contributed by atoms with van der Waals surface area (Å²) in [4.78, 5) is 19.4. The molecule has 0 aliphatic rings. The molecule has 0 saturated carbocycles.